The van der Waals surface area contributed by atoms with Crippen molar-refractivity contribution >= 4 is 23.3 Å². The van der Waals surface area contributed by atoms with Crippen LogP contribution in [0.15, 0.2) is 24.7 Å². The summed E-state index contributed by atoms with van der Waals surface area (Å²) in [7, 11) is 0. The Kier molecular flexibility index (Phi) is 5.57. The van der Waals surface area contributed by atoms with E-state index in [9.17, 15) is 4.79 Å². The molecule has 0 saturated carbocycles. The molecule has 0 unspecified atom stereocenters. The van der Waals surface area contributed by atoms with Crippen molar-refractivity contribution in [3.8, 4) is 0 Å². The number of anilines is 1. The number of hydrogen-bond donors (Lipinski definition) is 3. The number of carbonyl (C=O) groups excluding carboxylic acids is 1. The monoisotopic (exact) mass is 307 g/mol. The minimum atomic E-state index is -0.168. The lowest BCUT2D eigenvalue weighted by molar-refractivity contribution is 0.0954. The topological polar surface area (TPSA) is 82.7 Å². The van der Waals surface area contributed by atoms with Crippen molar-refractivity contribution in [1.82, 2.24) is 20.3 Å². The maximum absolute atomic E-state index is 12.1. The normalized spacial score (nSPS) is 10.4. The largest absolute Gasteiger partial charge is 0.370 e. The van der Waals surface area contributed by atoms with E-state index in [1.54, 1.807) is 24.7 Å². The fourth-order valence-electron chi connectivity index (χ4n) is 1.81. The van der Waals surface area contributed by atoms with Gasteiger partial charge in [0.25, 0.3) is 5.91 Å². The van der Waals surface area contributed by atoms with Crippen LogP contribution in [-0.2, 0) is 6.42 Å². The molecule has 2 aromatic heterocycles. The van der Waals surface area contributed by atoms with Crippen LogP contribution in [0.4, 0.5) is 5.82 Å². The lowest BCUT2D eigenvalue weighted by Gasteiger charge is -2.08. The number of aromatic amines is 1. The van der Waals surface area contributed by atoms with Gasteiger partial charge in [0.2, 0.25) is 0 Å². The Balaban J connectivity index is 1.93. The van der Waals surface area contributed by atoms with Gasteiger partial charge in [0.1, 0.15) is 11.0 Å². The van der Waals surface area contributed by atoms with E-state index in [4.69, 9.17) is 11.6 Å². The molecule has 7 heteroatoms. The van der Waals surface area contributed by atoms with Crippen molar-refractivity contribution in [3.63, 3.8) is 0 Å². The molecule has 0 aliphatic heterocycles. The number of aromatic nitrogens is 3. The van der Waals surface area contributed by atoms with E-state index < -0.39 is 0 Å². The number of nitrogens with zero attached hydrogens (tertiary/aromatic N) is 2. The van der Waals surface area contributed by atoms with Gasteiger partial charge in [0.05, 0.1) is 6.33 Å². The third-order valence-electron chi connectivity index (χ3n) is 2.85. The zero-order valence-electron chi connectivity index (χ0n) is 11.8. The quantitative estimate of drug-likeness (QED) is 0.685. The van der Waals surface area contributed by atoms with Gasteiger partial charge in [-0.05, 0) is 18.6 Å². The third kappa shape index (κ3) is 4.75. The van der Waals surface area contributed by atoms with Crippen LogP contribution in [0.3, 0.4) is 0 Å². The maximum atomic E-state index is 12.1. The van der Waals surface area contributed by atoms with Gasteiger partial charge in [-0.25, -0.2) is 9.97 Å². The highest BCUT2D eigenvalue weighted by molar-refractivity contribution is 6.29. The number of halogens is 1. The number of H-pyrrole nitrogens is 1. The predicted octanol–water partition coefficient (Wildman–Crippen LogP) is 2.25. The second-order valence-corrected chi connectivity index (χ2v) is 4.96. The molecule has 112 valence electrons. The summed E-state index contributed by atoms with van der Waals surface area (Å²) in [6.07, 6.45) is 5.03. The first-order chi connectivity index (χ1) is 10.2. The van der Waals surface area contributed by atoms with E-state index >= 15 is 0 Å². The molecule has 0 aliphatic carbocycles. The molecule has 21 heavy (non-hydrogen) atoms. The number of carbonyl (C=O) groups is 1. The van der Waals surface area contributed by atoms with E-state index in [1.807, 2.05) is 0 Å². The van der Waals surface area contributed by atoms with Crippen molar-refractivity contribution in [2.75, 3.05) is 18.4 Å². The molecule has 0 radical (unpaired) electrons. The summed E-state index contributed by atoms with van der Waals surface area (Å²) in [5.74, 6) is 0.446. The van der Waals surface area contributed by atoms with Gasteiger partial charge in [0.15, 0.2) is 0 Å². The summed E-state index contributed by atoms with van der Waals surface area (Å²) in [5, 5.41) is 6.27. The molecule has 2 aromatic rings. The average Bonchev–Trinajstić information content (AvgIpc) is 2.97. The Morgan fingerprint density at radius 3 is 2.95 bits per heavy atom. The molecule has 0 saturated heterocycles. The highest BCUT2D eigenvalue weighted by Crippen LogP contribution is 2.14. The molecule has 0 bridgehead atoms. The zero-order valence-corrected chi connectivity index (χ0v) is 12.6. The predicted molar refractivity (Wildman–Crippen MR) is 82.7 cm³/mol. The zero-order chi connectivity index (χ0) is 15.1. The van der Waals surface area contributed by atoms with Gasteiger partial charge in [0, 0.05) is 37.0 Å². The maximum Gasteiger partial charge on any atom is 0.251 e. The van der Waals surface area contributed by atoms with E-state index in [0.29, 0.717) is 29.5 Å². The van der Waals surface area contributed by atoms with Crippen LogP contribution < -0.4 is 10.6 Å². The fourth-order valence-corrected chi connectivity index (χ4v) is 2.01. The van der Waals surface area contributed by atoms with Crippen molar-refractivity contribution in [3.05, 3.63) is 41.1 Å². The van der Waals surface area contributed by atoms with Crippen LogP contribution >= 0.6 is 11.6 Å². The Labute approximate surface area is 128 Å². The lowest BCUT2D eigenvalue weighted by Crippen LogP contribution is -2.26. The molecule has 6 nitrogen and oxygen atoms in total. The third-order valence-corrected chi connectivity index (χ3v) is 3.04. The van der Waals surface area contributed by atoms with E-state index in [0.717, 1.165) is 18.7 Å². The van der Waals surface area contributed by atoms with Crippen molar-refractivity contribution in [2.24, 2.45) is 0 Å². The first kappa shape index (κ1) is 15.3. The Hall–Kier alpha value is -2.08. The molecule has 0 spiro atoms. The minimum Gasteiger partial charge on any atom is -0.370 e. The van der Waals surface area contributed by atoms with Crippen molar-refractivity contribution in [2.45, 2.75) is 19.8 Å². The lowest BCUT2D eigenvalue weighted by atomic mass is 10.2. The van der Waals surface area contributed by atoms with E-state index in [1.165, 1.54) is 0 Å². The summed E-state index contributed by atoms with van der Waals surface area (Å²) in [4.78, 5) is 23.2. The molecule has 1 amide bonds. The minimum absolute atomic E-state index is 0.168. The van der Waals surface area contributed by atoms with Crippen LogP contribution in [0.2, 0.25) is 5.15 Å². The average molecular weight is 308 g/mol. The smallest absolute Gasteiger partial charge is 0.251 e. The van der Waals surface area contributed by atoms with Gasteiger partial charge >= 0.3 is 0 Å². The summed E-state index contributed by atoms with van der Waals surface area (Å²) < 4.78 is 0. The molecular weight excluding hydrogens is 290 g/mol. The second-order valence-electron chi connectivity index (χ2n) is 4.57. The molecule has 0 atom stereocenters. The van der Waals surface area contributed by atoms with Crippen molar-refractivity contribution < 1.29 is 4.79 Å². The summed E-state index contributed by atoms with van der Waals surface area (Å²) in [6, 6.07) is 3.26. The summed E-state index contributed by atoms with van der Waals surface area (Å²) in [6.45, 7) is 3.37. The molecule has 0 fully saturated rings. The second kappa shape index (κ2) is 7.64. The van der Waals surface area contributed by atoms with Gasteiger partial charge in [-0.3, -0.25) is 4.79 Å². The van der Waals surface area contributed by atoms with E-state index in [2.05, 4.69) is 32.5 Å². The Morgan fingerprint density at radius 1 is 1.38 bits per heavy atom. The Morgan fingerprint density at radius 2 is 2.24 bits per heavy atom. The highest BCUT2D eigenvalue weighted by atomic mass is 35.5. The number of imidazole rings is 1. The molecule has 2 heterocycles. The first-order valence-electron chi connectivity index (χ1n) is 6.86. The van der Waals surface area contributed by atoms with Gasteiger partial charge in [-0.2, -0.15) is 0 Å². The first-order valence-corrected chi connectivity index (χ1v) is 7.23. The summed E-state index contributed by atoms with van der Waals surface area (Å²) in [5.41, 5.74) is 1.48. The summed E-state index contributed by atoms with van der Waals surface area (Å²) >= 11 is 5.94. The van der Waals surface area contributed by atoms with Crippen molar-refractivity contribution in [1.29, 1.82) is 0 Å². The number of hydrogen-bond acceptors (Lipinski definition) is 4. The fraction of sp³-hybridized carbons (Fsp3) is 0.357. The van der Waals surface area contributed by atoms with Crippen LogP contribution in [0, 0.1) is 0 Å². The van der Waals surface area contributed by atoms with E-state index in [-0.39, 0.29) is 5.91 Å². The number of amides is 1. The highest BCUT2D eigenvalue weighted by Gasteiger charge is 2.09. The van der Waals surface area contributed by atoms with Gasteiger partial charge in [-0.15, -0.1) is 0 Å². The van der Waals surface area contributed by atoms with Crippen LogP contribution in [0.25, 0.3) is 0 Å². The SMILES string of the molecule is CCCNc1cc(C(=O)NCCc2cnc[nH]2)cc(Cl)n1. The van der Waals surface area contributed by atoms with Crippen LogP contribution in [-0.4, -0.2) is 33.9 Å². The van der Waals surface area contributed by atoms with Crippen LogP contribution in [0.1, 0.15) is 29.4 Å². The number of rotatable bonds is 7. The molecule has 0 aromatic carbocycles. The molecular formula is C14H18ClN5O. The number of pyridine rings is 1. The van der Waals surface area contributed by atoms with Gasteiger partial charge in [-0.1, -0.05) is 18.5 Å². The number of nitrogens with one attached hydrogen (secondary N) is 3. The van der Waals surface area contributed by atoms with Crippen LogP contribution in [0.5, 0.6) is 0 Å². The Bertz CT molecular complexity index is 585. The molecule has 2 rings (SSSR count). The standard InChI is InChI=1S/C14H18ClN5O/c1-2-4-17-13-7-10(6-12(15)20-13)14(21)18-5-3-11-8-16-9-19-11/h6-9H,2-5H2,1H3,(H,16,19)(H,17,20)(H,18,21). The molecule has 0 aliphatic rings. The van der Waals surface area contributed by atoms with Gasteiger partial charge < -0.3 is 15.6 Å². The molecule has 3 N–H and O–H groups in total.